The zero-order valence-electron chi connectivity index (χ0n) is 12.3. The van der Waals surface area contributed by atoms with Crippen molar-refractivity contribution in [1.82, 2.24) is 4.90 Å². The highest BCUT2D eigenvalue weighted by Gasteiger charge is 2.19. The molecule has 1 aliphatic rings. The van der Waals surface area contributed by atoms with E-state index in [1.807, 2.05) is 6.07 Å². The molecule has 0 atom stereocenters. The van der Waals surface area contributed by atoms with Gasteiger partial charge in [-0.1, -0.05) is 19.9 Å². The molecule has 1 aromatic rings. The Bertz CT molecular complexity index is 452. The number of aromatic carboxylic acids is 1. The average molecular weight is 276 g/mol. The van der Waals surface area contributed by atoms with Crippen molar-refractivity contribution in [3.8, 4) is 0 Å². The molecule has 110 valence electrons. The molecule has 0 spiro atoms. The summed E-state index contributed by atoms with van der Waals surface area (Å²) in [5.74, 6) is -0.160. The summed E-state index contributed by atoms with van der Waals surface area (Å²) >= 11 is 0. The zero-order chi connectivity index (χ0) is 14.5. The van der Waals surface area contributed by atoms with Crippen LogP contribution in [0.2, 0.25) is 0 Å². The van der Waals surface area contributed by atoms with Crippen LogP contribution < -0.4 is 5.32 Å². The molecule has 1 saturated heterocycles. The van der Waals surface area contributed by atoms with Gasteiger partial charge in [0.05, 0.1) is 5.56 Å². The van der Waals surface area contributed by atoms with E-state index >= 15 is 0 Å². The van der Waals surface area contributed by atoms with Crippen LogP contribution in [0.15, 0.2) is 24.3 Å². The van der Waals surface area contributed by atoms with E-state index in [1.165, 1.54) is 6.54 Å². The van der Waals surface area contributed by atoms with Crippen LogP contribution in [0.4, 0.5) is 5.69 Å². The summed E-state index contributed by atoms with van der Waals surface area (Å²) in [7, 11) is 0. The first-order valence-corrected chi connectivity index (χ1v) is 7.37. The topological polar surface area (TPSA) is 52.6 Å². The molecule has 0 bridgehead atoms. The molecule has 0 saturated carbocycles. The SMILES string of the molecule is CC(C)CN1CCC(Nc2cccc(C(=O)O)c2)CC1. The Kier molecular flexibility index (Phi) is 5.01. The molecule has 4 nitrogen and oxygen atoms in total. The van der Waals surface area contributed by atoms with Crippen LogP contribution in [0.3, 0.4) is 0 Å². The fraction of sp³-hybridized carbons (Fsp3) is 0.562. The van der Waals surface area contributed by atoms with Gasteiger partial charge in [0, 0.05) is 31.4 Å². The summed E-state index contributed by atoms with van der Waals surface area (Å²) < 4.78 is 0. The molecule has 0 unspecified atom stereocenters. The minimum atomic E-state index is -0.875. The van der Waals surface area contributed by atoms with E-state index in [-0.39, 0.29) is 0 Å². The Morgan fingerprint density at radius 3 is 2.70 bits per heavy atom. The average Bonchev–Trinajstić information content (AvgIpc) is 2.41. The van der Waals surface area contributed by atoms with Crippen molar-refractivity contribution in [3.63, 3.8) is 0 Å². The van der Waals surface area contributed by atoms with Gasteiger partial charge in [-0.25, -0.2) is 4.79 Å². The lowest BCUT2D eigenvalue weighted by atomic mass is 10.0. The number of rotatable bonds is 5. The molecule has 0 amide bonds. The summed E-state index contributed by atoms with van der Waals surface area (Å²) in [6.45, 7) is 7.91. The highest BCUT2D eigenvalue weighted by Crippen LogP contribution is 2.18. The van der Waals surface area contributed by atoms with E-state index in [4.69, 9.17) is 5.11 Å². The second-order valence-electron chi connectivity index (χ2n) is 6.00. The molecule has 1 aromatic carbocycles. The van der Waals surface area contributed by atoms with Crippen molar-refractivity contribution >= 4 is 11.7 Å². The van der Waals surface area contributed by atoms with Crippen LogP contribution in [-0.2, 0) is 0 Å². The molecule has 1 aliphatic heterocycles. The van der Waals surface area contributed by atoms with Crippen molar-refractivity contribution in [3.05, 3.63) is 29.8 Å². The number of carbonyl (C=O) groups is 1. The van der Waals surface area contributed by atoms with Crippen LogP contribution in [-0.4, -0.2) is 41.7 Å². The third-order valence-corrected chi connectivity index (χ3v) is 3.69. The third-order valence-electron chi connectivity index (χ3n) is 3.69. The van der Waals surface area contributed by atoms with E-state index in [2.05, 4.69) is 24.1 Å². The number of nitrogens with one attached hydrogen (secondary N) is 1. The van der Waals surface area contributed by atoms with Gasteiger partial charge in [0.1, 0.15) is 0 Å². The molecule has 1 fully saturated rings. The monoisotopic (exact) mass is 276 g/mol. The van der Waals surface area contributed by atoms with Gasteiger partial charge < -0.3 is 15.3 Å². The van der Waals surface area contributed by atoms with E-state index in [1.54, 1.807) is 18.2 Å². The predicted octanol–water partition coefficient (Wildman–Crippen LogP) is 2.92. The minimum absolute atomic E-state index is 0.340. The fourth-order valence-corrected chi connectivity index (χ4v) is 2.75. The normalized spacial score (nSPS) is 17.4. The number of anilines is 1. The van der Waals surface area contributed by atoms with Gasteiger partial charge in [0.2, 0.25) is 0 Å². The highest BCUT2D eigenvalue weighted by molar-refractivity contribution is 5.88. The van der Waals surface area contributed by atoms with Crippen LogP contribution in [0, 0.1) is 5.92 Å². The Morgan fingerprint density at radius 1 is 1.40 bits per heavy atom. The molecule has 0 aromatic heterocycles. The first-order valence-electron chi connectivity index (χ1n) is 7.37. The highest BCUT2D eigenvalue weighted by atomic mass is 16.4. The van der Waals surface area contributed by atoms with Crippen molar-refractivity contribution in [2.45, 2.75) is 32.7 Å². The number of carboxylic acid groups (broad SMARTS) is 1. The van der Waals surface area contributed by atoms with Crippen molar-refractivity contribution in [2.24, 2.45) is 5.92 Å². The Hall–Kier alpha value is -1.55. The van der Waals surface area contributed by atoms with E-state index in [0.29, 0.717) is 17.5 Å². The van der Waals surface area contributed by atoms with Crippen molar-refractivity contribution < 1.29 is 9.90 Å². The maximum Gasteiger partial charge on any atom is 0.335 e. The maximum atomic E-state index is 11.0. The summed E-state index contributed by atoms with van der Waals surface area (Å²) in [6, 6.07) is 7.51. The second kappa shape index (κ2) is 6.75. The van der Waals surface area contributed by atoms with Gasteiger partial charge in [-0.05, 0) is 37.0 Å². The van der Waals surface area contributed by atoms with Crippen LogP contribution in [0.25, 0.3) is 0 Å². The van der Waals surface area contributed by atoms with Crippen LogP contribution in [0.1, 0.15) is 37.0 Å². The molecular formula is C16H24N2O2. The Balaban J connectivity index is 1.86. The number of hydrogen-bond donors (Lipinski definition) is 2. The summed E-state index contributed by atoms with van der Waals surface area (Å²) in [6.07, 6.45) is 2.23. The quantitative estimate of drug-likeness (QED) is 0.868. The van der Waals surface area contributed by atoms with Crippen molar-refractivity contribution in [2.75, 3.05) is 25.0 Å². The first kappa shape index (κ1) is 14.9. The first-order chi connectivity index (χ1) is 9.54. The van der Waals surface area contributed by atoms with Gasteiger partial charge in [-0.15, -0.1) is 0 Å². The zero-order valence-corrected chi connectivity index (χ0v) is 12.3. The molecule has 2 N–H and O–H groups in total. The smallest absolute Gasteiger partial charge is 0.335 e. The van der Waals surface area contributed by atoms with Gasteiger partial charge in [-0.3, -0.25) is 0 Å². The standard InChI is InChI=1S/C16H24N2O2/c1-12(2)11-18-8-6-14(7-9-18)17-15-5-3-4-13(10-15)16(19)20/h3-5,10,12,14,17H,6-9,11H2,1-2H3,(H,19,20). The van der Waals surface area contributed by atoms with E-state index in [0.717, 1.165) is 31.6 Å². The lowest BCUT2D eigenvalue weighted by molar-refractivity contribution is 0.0697. The van der Waals surface area contributed by atoms with Gasteiger partial charge >= 0.3 is 5.97 Å². The number of piperidine rings is 1. The largest absolute Gasteiger partial charge is 0.478 e. The summed E-state index contributed by atoms with van der Waals surface area (Å²) in [4.78, 5) is 13.5. The molecule has 4 heteroatoms. The number of hydrogen-bond acceptors (Lipinski definition) is 3. The maximum absolute atomic E-state index is 11.0. The number of benzene rings is 1. The van der Waals surface area contributed by atoms with Gasteiger partial charge in [0.25, 0.3) is 0 Å². The van der Waals surface area contributed by atoms with Gasteiger partial charge in [0.15, 0.2) is 0 Å². The molecule has 0 aliphatic carbocycles. The summed E-state index contributed by atoms with van der Waals surface area (Å²) in [5, 5.41) is 12.5. The number of likely N-dealkylation sites (tertiary alicyclic amines) is 1. The second-order valence-corrected chi connectivity index (χ2v) is 6.00. The lowest BCUT2D eigenvalue weighted by Crippen LogP contribution is -2.40. The molecule has 0 radical (unpaired) electrons. The third kappa shape index (κ3) is 4.23. The Morgan fingerprint density at radius 2 is 2.10 bits per heavy atom. The van der Waals surface area contributed by atoms with Crippen LogP contribution in [0.5, 0.6) is 0 Å². The molecular weight excluding hydrogens is 252 g/mol. The molecule has 20 heavy (non-hydrogen) atoms. The number of nitrogens with zero attached hydrogens (tertiary/aromatic N) is 1. The fourth-order valence-electron chi connectivity index (χ4n) is 2.75. The lowest BCUT2D eigenvalue weighted by Gasteiger charge is -2.33. The molecule has 2 rings (SSSR count). The van der Waals surface area contributed by atoms with E-state index in [9.17, 15) is 4.79 Å². The van der Waals surface area contributed by atoms with Crippen molar-refractivity contribution in [1.29, 1.82) is 0 Å². The van der Waals surface area contributed by atoms with Crippen LogP contribution >= 0.6 is 0 Å². The predicted molar refractivity (Wildman–Crippen MR) is 81.3 cm³/mol. The molecule has 1 heterocycles. The van der Waals surface area contributed by atoms with Gasteiger partial charge in [-0.2, -0.15) is 0 Å². The summed E-state index contributed by atoms with van der Waals surface area (Å²) in [5.41, 5.74) is 1.25. The Labute approximate surface area is 120 Å². The number of carboxylic acids is 1. The van der Waals surface area contributed by atoms with E-state index < -0.39 is 5.97 Å². The minimum Gasteiger partial charge on any atom is -0.478 e.